The van der Waals surface area contributed by atoms with Crippen LogP contribution in [0.15, 0.2) is 66.7 Å². The molecule has 0 aromatic heterocycles. The highest BCUT2D eigenvalue weighted by Gasteiger charge is 2.16. The molecule has 3 aromatic carbocycles. The molecule has 0 aliphatic rings. The Bertz CT molecular complexity index is 962. The van der Waals surface area contributed by atoms with E-state index in [0.717, 1.165) is 35.4 Å². The Kier molecular flexibility index (Phi) is 8.16. The number of esters is 1. The monoisotopic (exact) mass is 424 g/mol. The van der Waals surface area contributed by atoms with Crippen LogP contribution in [0, 0.1) is 11.6 Å². The van der Waals surface area contributed by atoms with Crippen molar-refractivity contribution in [1.82, 2.24) is 0 Å². The molecule has 3 aromatic rings. The van der Waals surface area contributed by atoms with Gasteiger partial charge in [0.15, 0.2) is 11.6 Å². The van der Waals surface area contributed by atoms with Crippen molar-refractivity contribution in [2.24, 2.45) is 0 Å². The van der Waals surface area contributed by atoms with Gasteiger partial charge in [-0.25, -0.2) is 13.6 Å². The molecule has 0 atom stereocenters. The number of rotatable bonds is 10. The third-order valence-corrected chi connectivity index (χ3v) is 4.94. The fourth-order valence-corrected chi connectivity index (χ4v) is 3.17. The molecule has 0 heterocycles. The molecule has 0 spiro atoms. The highest BCUT2D eigenvalue weighted by molar-refractivity contribution is 5.91. The second kappa shape index (κ2) is 11.3. The molecule has 0 aliphatic carbocycles. The summed E-state index contributed by atoms with van der Waals surface area (Å²) in [6, 6.07) is 17.7. The summed E-state index contributed by atoms with van der Waals surface area (Å²) in [5.41, 5.74) is 2.07. The highest BCUT2D eigenvalue weighted by atomic mass is 19.1. The van der Waals surface area contributed by atoms with Gasteiger partial charge in [-0.2, -0.15) is 0 Å². The average Bonchev–Trinajstić information content (AvgIpc) is 2.79. The third-order valence-electron chi connectivity index (χ3n) is 4.94. The number of ether oxygens (including phenoxy) is 2. The highest BCUT2D eigenvalue weighted by Crippen LogP contribution is 2.25. The molecule has 0 unspecified atom stereocenters. The zero-order chi connectivity index (χ0) is 22.1. The van der Waals surface area contributed by atoms with E-state index in [-0.39, 0.29) is 5.56 Å². The first-order valence-corrected chi connectivity index (χ1v) is 10.6. The van der Waals surface area contributed by atoms with Crippen LogP contribution in [0.2, 0.25) is 0 Å². The molecule has 3 nitrogen and oxygen atoms in total. The Balaban J connectivity index is 1.56. The van der Waals surface area contributed by atoms with Gasteiger partial charge in [0.2, 0.25) is 5.75 Å². The van der Waals surface area contributed by atoms with E-state index in [9.17, 15) is 13.6 Å². The van der Waals surface area contributed by atoms with Gasteiger partial charge in [-0.3, -0.25) is 0 Å². The second-order valence-electron chi connectivity index (χ2n) is 7.30. The zero-order valence-electron chi connectivity index (χ0n) is 17.6. The minimum atomic E-state index is -0.923. The molecular formula is C26H26F2O3. The van der Waals surface area contributed by atoms with Crippen molar-refractivity contribution in [2.45, 2.75) is 39.0 Å². The topological polar surface area (TPSA) is 35.5 Å². The van der Waals surface area contributed by atoms with Gasteiger partial charge < -0.3 is 9.47 Å². The number of carbonyl (C=O) groups is 1. The van der Waals surface area contributed by atoms with Gasteiger partial charge >= 0.3 is 5.97 Å². The van der Waals surface area contributed by atoms with Crippen molar-refractivity contribution < 1.29 is 23.0 Å². The summed E-state index contributed by atoms with van der Waals surface area (Å²) >= 11 is 0. The van der Waals surface area contributed by atoms with Gasteiger partial charge in [-0.15, -0.1) is 0 Å². The molecule has 0 amide bonds. The quantitative estimate of drug-likeness (QED) is 0.196. The van der Waals surface area contributed by atoms with E-state index in [2.05, 4.69) is 6.92 Å². The largest absolute Gasteiger partial charge is 0.494 e. The molecule has 0 radical (unpaired) electrons. The zero-order valence-corrected chi connectivity index (χ0v) is 17.6. The van der Waals surface area contributed by atoms with Crippen molar-refractivity contribution in [3.63, 3.8) is 0 Å². The second-order valence-corrected chi connectivity index (χ2v) is 7.30. The van der Waals surface area contributed by atoms with E-state index in [1.165, 1.54) is 31.7 Å². The van der Waals surface area contributed by atoms with Gasteiger partial charge in [-0.1, -0.05) is 62.9 Å². The Hall–Kier alpha value is -3.21. The van der Waals surface area contributed by atoms with Crippen LogP contribution in [-0.2, 0) is 0 Å². The molecule has 162 valence electrons. The maximum atomic E-state index is 13.7. The van der Waals surface area contributed by atoms with Gasteiger partial charge in [-0.05, 0) is 53.9 Å². The molecule has 0 saturated heterocycles. The molecule has 0 N–H and O–H groups in total. The Labute approximate surface area is 181 Å². The van der Waals surface area contributed by atoms with Crippen LogP contribution in [0.4, 0.5) is 8.78 Å². The first kappa shape index (κ1) is 22.5. The molecule has 5 heteroatoms. The van der Waals surface area contributed by atoms with Crippen LogP contribution in [-0.4, -0.2) is 12.6 Å². The van der Waals surface area contributed by atoms with Gasteiger partial charge in [0.05, 0.1) is 12.2 Å². The number of carbonyl (C=O) groups excluding carboxylic acids is 1. The average molecular weight is 424 g/mol. The van der Waals surface area contributed by atoms with Gasteiger partial charge in [0, 0.05) is 0 Å². The minimum absolute atomic E-state index is 0.203. The van der Waals surface area contributed by atoms with E-state index >= 15 is 0 Å². The third kappa shape index (κ3) is 6.38. The van der Waals surface area contributed by atoms with Crippen LogP contribution in [0.25, 0.3) is 11.1 Å². The van der Waals surface area contributed by atoms with Crippen molar-refractivity contribution in [1.29, 1.82) is 0 Å². The summed E-state index contributed by atoms with van der Waals surface area (Å²) in [6.45, 7) is 2.91. The first-order valence-electron chi connectivity index (χ1n) is 10.6. The van der Waals surface area contributed by atoms with E-state index in [1.807, 2.05) is 24.3 Å². The van der Waals surface area contributed by atoms with E-state index in [0.29, 0.717) is 6.61 Å². The fourth-order valence-electron chi connectivity index (χ4n) is 3.17. The number of para-hydroxylation sites is 1. The normalized spacial score (nSPS) is 10.7. The minimum Gasteiger partial charge on any atom is -0.494 e. The maximum absolute atomic E-state index is 13.7. The standard InChI is InChI=1S/C26H26F2O3/c1-2-3-4-5-6-18-30-22-16-14-20(15-17-22)19-10-12-21(13-11-19)26(29)31-25-23(27)8-7-9-24(25)28/h7-17H,2-6,18H2,1H3. The molecule has 0 aliphatic heterocycles. The van der Waals surface area contributed by atoms with E-state index < -0.39 is 23.4 Å². The number of benzene rings is 3. The molecule has 0 saturated carbocycles. The van der Waals surface area contributed by atoms with Crippen LogP contribution in [0.5, 0.6) is 11.5 Å². The van der Waals surface area contributed by atoms with Gasteiger partial charge in [0.1, 0.15) is 5.75 Å². The summed E-state index contributed by atoms with van der Waals surface area (Å²) in [6.07, 6.45) is 5.98. The Morgan fingerprint density at radius 3 is 1.97 bits per heavy atom. The molecular weight excluding hydrogens is 398 g/mol. The number of halogens is 2. The lowest BCUT2D eigenvalue weighted by Gasteiger charge is -2.09. The summed E-state index contributed by atoms with van der Waals surface area (Å²) < 4.78 is 38.0. The van der Waals surface area contributed by atoms with Crippen LogP contribution < -0.4 is 9.47 Å². The van der Waals surface area contributed by atoms with Crippen molar-refractivity contribution in [3.05, 3.63) is 83.9 Å². The molecule has 0 fully saturated rings. The smallest absolute Gasteiger partial charge is 0.343 e. The van der Waals surface area contributed by atoms with Crippen molar-refractivity contribution in [2.75, 3.05) is 6.61 Å². The lowest BCUT2D eigenvalue weighted by atomic mass is 10.0. The molecule has 31 heavy (non-hydrogen) atoms. The van der Waals surface area contributed by atoms with Crippen LogP contribution in [0.1, 0.15) is 49.4 Å². The van der Waals surface area contributed by atoms with Crippen molar-refractivity contribution in [3.8, 4) is 22.6 Å². The van der Waals surface area contributed by atoms with Gasteiger partial charge in [0.25, 0.3) is 0 Å². The number of unbranched alkanes of at least 4 members (excludes halogenated alkanes) is 4. The predicted octanol–water partition coefficient (Wildman–Crippen LogP) is 7.20. The lowest BCUT2D eigenvalue weighted by molar-refractivity contribution is 0.0720. The molecule has 0 bridgehead atoms. The fraction of sp³-hybridized carbons (Fsp3) is 0.269. The Morgan fingerprint density at radius 2 is 1.35 bits per heavy atom. The van der Waals surface area contributed by atoms with Crippen molar-refractivity contribution >= 4 is 5.97 Å². The predicted molar refractivity (Wildman–Crippen MR) is 117 cm³/mol. The van der Waals surface area contributed by atoms with E-state index in [1.54, 1.807) is 24.3 Å². The summed E-state index contributed by atoms with van der Waals surface area (Å²) in [5.74, 6) is -2.54. The number of hydrogen-bond donors (Lipinski definition) is 0. The lowest BCUT2D eigenvalue weighted by Crippen LogP contribution is -2.10. The SMILES string of the molecule is CCCCCCCOc1ccc(-c2ccc(C(=O)Oc3c(F)cccc3F)cc2)cc1. The van der Waals surface area contributed by atoms with E-state index in [4.69, 9.17) is 9.47 Å². The first-order chi connectivity index (χ1) is 15.1. The molecule has 3 rings (SSSR count). The summed E-state index contributed by atoms with van der Waals surface area (Å²) in [4.78, 5) is 12.2. The summed E-state index contributed by atoms with van der Waals surface area (Å²) in [7, 11) is 0. The summed E-state index contributed by atoms with van der Waals surface area (Å²) in [5, 5.41) is 0. The Morgan fingerprint density at radius 1 is 0.774 bits per heavy atom. The van der Waals surface area contributed by atoms with Crippen LogP contribution in [0.3, 0.4) is 0 Å². The maximum Gasteiger partial charge on any atom is 0.343 e. The number of hydrogen-bond acceptors (Lipinski definition) is 3. The van der Waals surface area contributed by atoms with Crippen LogP contribution >= 0.6 is 0 Å².